The molecule has 0 spiro atoms. The fourth-order valence-corrected chi connectivity index (χ4v) is 6.88. The number of hydrogen-bond donors (Lipinski definition) is 1. The Kier molecular flexibility index (Phi) is 11.0. The fraction of sp³-hybridized carbons (Fsp3) is 0.429. The first kappa shape index (κ1) is 32.3. The van der Waals surface area contributed by atoms with Crippen molar-refractivity contribution in [1.82, 2.24) is 10.2 Å². The Morgan fingerprint density at radius 1 is 0.907 bits per heavy atom. The number of anilines is 1. The molecule has 0 bridgehead atoms. The molecule has 0 saturated heterocycles. The molecule has 0 radical (unpaired) electrons. The van der Waals surface area contributed by atoms with E-state index < -0.39 is 16.1 Å². The van der Waals surface area contributed by atoms with E-state index in [2.05, 4.69) is 5.32 Å². The molecule has 2 amide bonds. The Bertz CT molecular complexity index is 1500. The predicted molar refractivity (Wildman–Crippen MR) is 173 cm³/mol. The topological polar surface area (TPSA) is 86.8 Å². The van der Waals surface area contributed by atoms with Gasteiger partial charge in [0.25, 0.3) is 0 Å². The molecule has 0 heterocycles. The summed E-state index contributed by atoms with van der Waals surface area (Å²) in [6.07, 6.45) is 6.13. The molecule has 3 aromatic rings. The van der Waals surface area contributed by atoms with Crippen molar-refractivity contribution in [1.29, 1.82) is 0 Å². The first-order valence-electron chi connectivity index (χ1n) is 15.3. The van der Waals surface area contributed by atoms with Crippen molar-refractivity contribution in [2.75, 3.05) is 17.1 Å². The van der Waals surface area contributed by atoms with E-state index in [1.165, 1.54) is 10.6 Å². The van der Waals surface area contributed by atoms with Crippen LogP contribution in [0.2, 0.25) is 0 Å². The second-order valence-corrected chi connectivity index (χ2v) is 13.8. The van der Waals surface area contributed by atoms with Crippen molar-refractivity contribution in [3.05, 3.63) is 101 Å². The number of carbonyl (C=O) groups excluding carboxylic acids is 2. The van der Waals surface area contributed by atoms with Crippen LogP contribution in [-0.2, 0) is 32.6 Å². The van der Waals surface area contributed by atoms with E-state index in [1.807, 2.05) is 93.6 Å². The van der Waals surface area contributed by atoms with Gasteiger partial charge in [0.15, 0.2) is 0 Å². The summed E-state index contributed by atoms with van der Waals surface area (Å²) in [4.78, 5) is 29.7. The fourth-order valence-electron chi connectivity index (χ4n) is 5.86. The maximum absolute atomic E-state index is 14.1. The highest BCUT2D eigenvalue weighted by Gasteiger charge is 2.32. The van der Waals surface area contributed by atoms with Crippen LogP contribution in [0.15, 0.2) is 72.8 Å². The molecule has 3 aromatic carbocycles. The highest BCUT2D eigenvalue weighted by Crippen LogP contribution is 2.25. The van der Waals surface area contributed by atoms with Gasteiger partial charge in [-0.05, 0) is 73.9 Å². The molecule has 1 atom stereocenters. The van der Waals surface area contributed by atoms with Gasteiger partial charge in [-0.1, -0.05) is 79.6 Å². The largest absolute Gasteiger partial charge is 0.352 e. The number of nitrogens with zero attached hydrogens (tertiary/aromatic N) is 2. The minimum Gasteiger partial charge on any atom is -0.352 e. The van der Waals surface area contributed by atoms with Gasteiger partial charge in [0.2, 0.25) is 21.8 Å². The molecular weight excluding hydrogens is 558 g/mol. The summed E-state index contributed by atoms with van der Waals surface area (Å²) >= 11 is 0. The Morgan fingerprint density at radius 3 is 2.26 bits per heavy atom. The van der Waals surface area contributed by atoms with Crippen molar-refractivity contribution < 1.29 is 18.0 Å². The Morgan fingerprint density at radius 2 is 1.58 bits per heavy atom. The van der Waals surface area contributed by atoms with E-state index in [0.717, 1.165) is 53.5 Å². The lowest BCUT2D eigenvalue weighted by molar-refractivity contribution is -0.141. The summed E-state index contributed by atoms with van der Waals surface area (Å²) in [5.74, 6) is -0.300. The zero-order valence-corrected chi connectivity index (χ0v) is 26.7. The molecule has 43 heavy (non-hydrogen) atoms. The van der Waals surface area contributed by atoms with E-state index in [-0.39, 0.29) is 30.8 Å². The zero-order valence-electron chi connectivity index (χ0n) is 25.9. The first-order valence-corrected chi connectivity index (χ1v) is 17.1. The van der Waals surface area contributed by atoms with Crippen molar-refractivity contribution in [2.45, 2.75) is 84.3 Å². The molecule has 230 valence electrons. The molecule has 1 N–H and O–H groups in total. The van der Waals surface area contributed by atoms with E-state index in [9.17, 15) is 18.0 Å². The van der Waals surface area contributed by atoms with Crippen molar-refractivity contribution in [3.8, 4) is 0 Å². The Hall–Kier alpha value is -3.65. The van der Waals surface area contributed by atoms with Gasteiger partial charge in [-0.3, -0.25) is 13.9 Å². The van der Waals surface area contributed by atoms with Crippen LogP contribution in [0.4, 0.5) is 5.69 Å². The van der Waals surface area contributed by atoms with Crippen LogP contribution < -0.4 is 9.62 Å². The normalized spacial score (nSPS) is 14.3. The highest BCUT2D eigenvalue weighted by molar-refractivity contribution is 7.92. The standard InChI is InChI=1S/C35H45N3O4S/c1-26-20-21-28(3)32(23-26)38(43(4,41)42)22-12-19-34(39)37(25-30-16-9-8-13-27(30)2)33(24-29-14-6-5-7-15-29)35(40)36-31-17-10-11-18-31/h5-9,13-16,20-21,23,31,33H,10-12,17-19,22,24-25H2,1-4H3,(H,36,40)/t33-/m1/s1. The second kappa shape index (κ2) is 14.7. The van der Waals surface area contributed by atoms with Gasteiger partial charge in [0.1, 0.15) is 6.04 Å². The molecule has 0 aliphatic heterocycles. The Labute approximate surface area is 257 Å². The van der Waals surface area contributed by atoms with Crippen molar-refractivity contribution >= 4 is 27.5 Å². The van der Waals surface area contributed by atoms with E-state index >= 15 is 0 Å². The molecule has 0 unspecified atom stereocenters. The molecular formula is C35H45N3O4S. The van der Waals surface area contributed by atoms with Crippen LogP contribution in [0.25, 0.3) is 0 Å². The third-order valence-corrected chi connectivity index (χ3v) is 9.54. The lowest BCUT2D eigenvalue weighted by Crippen LogP contribution is -2.52. The average molecular weight is 604 g/mol. The molecule has 1 saturated carbocycles. The molecule has 4 rings (SSSR count). The summed E-state index contributed by atoms with van der Waals surface area (Å²) in [5, 5.41) is 3.24. The summed E-state index contributed by atoms with van der Waals surface area (Å²) in [6.45, 7) is 6.30. The van der Waals surface area contributed by atoms with Crippen LogP contribution in [0.3, 0.4) is 0 Å². The summed E-state index contributed by atoms with van der Waals surface area (Å²) in [7, 11) is -3.57. The lowest BCUT2D eigenvalue weighted by Gasteiger charge is -2.33. The van der Waals surface area contributed by atoms with Crippen LogP contribution in [0, 0.1) is 20.8 Å². The lowest BCUT2D eigenvalue weighted by atomic mass is 10.0. The number of benzene rings is 3. The molecule has 7 nitrogen and oxygen atoms in total. The third-order valence-electron chi connectivity index (χ3n) is 8.36. The summed E-state index contributed by atoms with van der Waals surface area (Å²) < 4.78 is 27.0. The molecule has 1 fully saturated rings. The minimum absolute atomic E-state index is 0.116. The van der Waals surface area contributed by atoms with Crippen LogP contribution in [0.1, 0.15) is 66.3 Å². The monoisotopic (exact) mass is 603 g/mol. The number of aryl methyl sites for hydroxylation is 3. The third kappa shape index (κ3) is 8.92. The van der Waals surface area contributed by atoms with Gasteiger partial charge in [-0.15, -0.1) is 0 Å². The molecule has 0 aromatic heterocycles. The molecule has 1 aliphatic carbocycles. The number of rotatable bonds is 13. The average Bonchev–Trinajstić information content (AvgIpc) is 3.48. The van der Waals surface area contributed by atoms with Gasteiger partial charge < -0.3 is 10.2 Å². The van der Waals surface area contributed by atoms with Crippen LogP contribution in [-0.4, -0.2) is 50.0 Å². The van der Waals surface area contributed by atoms with E-state index in [4.69, 9.17) is 0 Å². The maximum atomic E-state index is 14.1. The molecule has 1 aliphatic rings. The number of hydrogen-bond acceptors (Lipinski definition) is 4. The van der Waals surface area contributed by atoms with E-state index in [1.54, 1.807) is 4.90 Å². The highest BCUT2D eigenvalue weighted by atomic mass is 32.2. The SMILES string of the molecule is Cc1ccc(C)c(N(CCCC(=O)N(Cc2ccccc2C)[C@H](Cc2ccccc2)C(=O)NC2CCCC2)S(C)(=O)=O)c1. The quantitative estimate of drug-likeness (QED) is 0.265. The van der Waals surface area contributed by atoms with Gasteiger partial charge in [-0.25, -0.2) is 8.42 Å². The van der Waals surface area contributed by atoms with Crippen LogP contribution in [0.5, 0.6) is 0 Å². The number of carbonyl (C=O) groups is 2. The first-order chi connectivity index (χ1) is 20.5. The van der Waals surface area contributed by atoms with Gasteiger partial charge in [-0.2, -0.15) is 0 Å². The minimum atomic E-state index is -3.57. The summed E-state index contributed by atoms with van der Waals surface area (Å²) in [6, 6.07) is 22.9. The Balaban J connectivity index is 1.61. The maximum Gasteiger partial charge on any atom is 0.243 e. The smallest absolute Gasteiger partial charge is 0.243 e. The van der Waals surface area contributed by atoms with Crippen molar-refractivity contribution in [3.63, 3.8) is 0 Å². The van der Waals surface area contributed by atoms with Crippen molar-refractivity contribution in [2.24, 2.45) is 0 Å². The zero-order chi connectivity index (χ0) is 31.0. The number of nitrogens with one attached hydrogen (secondary N) is 1. The van der Waals surface area contributed by atoms with Gasteiger partial charge in [0.05, 0.1) is 11.9 Å². The predicted octanol–water partition coefficient (Wildman–Crippen LogP) is 5.86. The number of amides is 2. The van der Waals surface area contributed by atoms with Crippen LogP contribution >= 0.6 is 0 Å². The molecule has 8 heteroatoms. The number of sulfonamides is 1. The van der Waals surface area contributed by atoms with Gasteiger partial charge in [0, 0.05) is 32.0 Å². The van der Waals surface area contributed by atoms with Gasteiger partial charge >= 0.3 is 0 Å². The second-order valence-electron chi connectivity index (χ2n) is 11.9. The van der Waals surface area contributed by atoms with E-state index in [0.29, 0.717) is 25.1 Å². The summed E-state index contributed by atoms with van der Waals surface area (Å²) in [5.41, 5.74) is 5.46.